The molecule has 56 valence electrons. The highest BCUT2D eigenvalue weighted by molar-refractivity contribution is 5.66. The predicted octanol–water partition coefficient (Wildman–Crippen LogP) is 1.40. The first kappa shape index (κ1) is 8.96. The Labute approximate surface area is 60.3 Å². The maximum Gasteiger partial charge on any atom is 0.303 e. The van der Waals surface area contributed by atoms with Crippen LogP contribution in [0.2, 0.25) is 0 Å². The minimum atomic E-state index is -0.787. The molecule has 0 aromatic rings. The molecule has 3 heteroatoms. The van der Waals surface area contributed by atoms with E-state index in [4.69, 9.17) is 10.4 Å². The fourth-order valence-electron chi connectivity index (χ4n) is 0.628. The third-order valence-electron chi connectivity index (χ3n) is 1.29. The fraction of sp³-hybridized carbons (Fsp3) is 0.714. The smallest absolute Gasteiger partial charge is 0.303 e. The molecule has 0 unspecified atom stereocenters. The first-order valence-electron chi connectivity index (χ1n) is 3.25. The van der Waals surface area contributed by atoms with Gasteiger partial charge in [-0.1, -0.05) is 6.92 Å². The second kappa shape index (κ2) is 4.80. The second-order valence-electron chi connectivity index (χ2n) is 2.40. The van der Waals surface area contributed by atoms with Gasteiger partial charge in [0.2, 0.25) is 0 Å². The Morgan fingerprint density at radius 1 is 1.80 bits per heavy atom. The highest BCUT2D eigenvalue weighted by atomic mass is 16.4. The van der Waals surface area contributed by atoms with Gasteiger partial charge in [-0.15, -0.1) is 0 Å². The van der Waals surface area contributed by atoms with Crippen LogP contribution in [0, 0.1) is 17.2 Å². The summed E-state index contributed by atoms with van der Waals surface area (Å²) in [6.45, 7) is 1.88. The molecule has 10 heavy (non-hydrogen) atoms. The van der Waals surface area contributed by atoms with Crippen molar-refractivity contribution in [1.29, 1.82) is 5.26 Å². The summed E-state index contributed by atoms with van der Waals surface area (Å²) in [4.78, 5) is 10.0. The lowest BCUT2D eigenvalue weighted by Gasteiger charge is -2.01. The highest BCUT2D eigenvalue weighted by Gasteiger charge is 2.03. The molecule has 0 bridgehead atoms. The van der Waals surface area contributed by atoms with E-state index in [0.29, 0.717) is 12.8 Å². The zero-order valence-corrected chi connectivity index (χ0v) is 6.00. The van der Waals surface area contributed by atoms with Crippen molar-refractivity contribution in [3.63, 3.8) is 0 Å². The Kier molecular flexibility index (Phi) is 4.30. The number of hydrogen-bond acceptors (Lipinski definition) is 2. The van der Waals surface area contributed by atoms with Gasteiger partial charge in [0.05, 0.1) is 6.07 Å². The summed E-state index contributed by atoms with van der Waals surface area (Å²) in [6.07, 6.45) is 1.22. The zero-order chi connectivity index (χ0) is 7.98. The second-order valence-corrected chi connectivity index (χ2v) is 2.40. The van der Waals surface area contributed by atoms with Gasteiger partial charge >= 0.3 is 5.97 Å². The van der Waals surface area contributed by atoms with Crippen LogP contribution >= 0.6 is 0 Å². The normalized spacial score (nSPS) is 12.0. The van der Waals surface area contributed by atoms with Crippen LogP contribution in [0.25, 0.3) is 0 Å². The van der Waals surface area contributed by atoms with Crippen molar-refractivity contribution in [2.45, 2.75) is 26.2 Å². The van der Waals surface area contributed by atoms with E-state index < -0.39 is 5.97 Å². The van der Waals surface area contributed by atoms with E-state index >= 15 is 0 Å². The van der Waals surface area contributed by atoms with E-state index in [1.807, 2.05) is 13.0 Å². The maximum atomic E-state index is 10.0. The molecule has 0 rings (SSSR count). The summed E-state index contributed by atoms with van der Waals surface area (Å²) in [5.41, 5.74) is 0. The maximum absolute atomic E-state index is 10.0. The van der Waals surface area contributed by atoms with Crippen LogP contribution in [-0.4, -0.2) is 11.1 Å². The van der Waals surface area contributed by atoms with Crippen molar-refractivity contribution < 1.29 is 9.90 Å². The molecule has 0 saturated carbocycles. The van der Waals surface area contributed by atoms with Gasteiger partial charge < -0.3 is 5.11 Å². The van der Waals surface area contributed by atoms with Crippen molar-refractivity contribution in [1.82, 2.24) is 0 Å². The molecule has 0 aromatic carbocycles. The van der Waals surface area contributed by atoms with Gasteiger partial charge in [-0.25, -0.2) is 0 Å². The van der Waals surface area contributed by atoms with Crippen LogP contribution in [0.3, 0.4) is 0 Å². The van der Waals surface area contributed by atoms with Crippen molar-refractivity contribution in [3.8, 4) is 6.07 Å². The molecule has 1 atom stereocenters. The Morgan fingerprint density at radius 3 is 2.80 bits per heavy atom. The van der Waals surface area contributed by atoms with Gasteiger partial charge in [-0.2, -0.15) is 5.26 Å². The molecule has 0 aliphatic carbocycles. The number of nitrogens with zero attached hydrogens (tertiary/aromatic N) is 1. The topological polar surface area (TPSA) is 61.1 Å². The lowest BCUT2D eigenvalue weighted by Crippen LogP contribution is -1.99. The number of carboxylic acids is 1. The van der Waals surface area contributed by atoms with Crippen LogP contribution in [0.4, 0.5) is 0 Å². The summed E-state index contributed by atoms with van der Waals surface area (Å²) in [7, 11) is 0. The summed E-state index contributed by atoms with van der Waals surface area (Å²) in [5, 5.41) is 16.5. The van der Waals surface area contributed by atoms with Gasteiger partial charge in [-0.3, -0.25) is 4.79 Å². The molecule has 0 saturated heterocycles. The Bertz CT molecular complexity index is 148. The molecular formula is C7H11NO2. The van der Waals surface area contributed by atoms with E-state index in [-0.39, 0.29) is 12.3 Å². The van der Waals surface area contributed by atoms with Crippen LogP contribution in [0.15, 0.2) is 0 Å². The third kappa shape index (κ3) is 5.10. The van der Waals surface area contributed by atoms with Crippen LogP contribution in [0.1, 0.15) is 26.2 Å². The lowest BCUT2D eigenvalue weighted by atomic mass is 10.0. The fourth-order valence-corrected chi connectivity index (χ4v) is 0.628. The van der Waals surface area contributed by atoms with Gasteiger partial charge in [0.15, 0.2) is 0 Å². The molecule has 0 aliphatic heterocycles. The average molecular weight is 141 g/mol. The molecule has 0 spiro atoms. The molecule has 0 amide bonds. The first-order valence-corrected chi connectivity index (χ1v) is 3.25. The zero-order valence-electron chi connectivity index (χ0n) is 6.00. The minimum Gasteiger partial charge on any atom is -0.481 e. The Hall–Kier alpha value is -1.04. The molecule has 0 fully saturated rings. The number of carbonyl (C=O) groups is 1. The largest absolute Gasteiger partial charge is 0.481 e. The predicted molar refractivity (Wildman–Crippen MR) is 36.3 cm³/mol. The van der Waals surface area contributed by atoms with Crippen LogP contribution < -0.4 is 0 Å². The number of nitriles is 1. The van der Waals surface area contributed by atoms with Gasteiger partial charge in [0.1, 0.15) is 0 Å². The number of aliphatic carboxylic acids is 1. The lowest BCUT2D eigenvalue weighted by molar-refractivity contribution is -0.137. The molecule has 0 aliphatic rings. The SMILES string of the molecule is C[C@@H](CC#N)CCC(=O)O. The van der Waals surface area contributed by atoms with E-state index in [0.717, 1.165) is 0 Å². The Morgan fingerprint density at radius 2 is 2.40 bits per heavy atom. The first-order chi connectivity index (χ1) is 4.66. The van der Waals surface area contributed by atoms with E-state index in [1.165, 1.54) is 0 Å². The third-order valence-corrected chi connectivity index (χ3v) is 1.29. The van der Waals surface area contributed by atoms with Crippen molar-refractivity contribution in [2.24, 2.45) is 5.92 Å². The summed E-state index contributed by atoms with van der Waals surface area (Å²) in [5.74, 6) is -0.578. The monoisotopic (exact) mass is 141 g/mol. The molecular weight excluding hydrogens is 130 g/mol. The number of carboxylic acid groups (broad SMARTS) is 1. The van der Waals surface area contributed by atoms with Crippen molar-refractivity contribution in [2.75, 3.05) is 0 Å². The van der Waals surface area contributed by atoms with Gasteiger partial charge in [0.25, 0.3) is 0 Å². The molecule has 3 nitrogen and oxygen atoms in total. The van der Waals surface area contributed by atoms with Gasteiger partial charge in [0, 0.05) is 12.8 Å². The summed E-state index contributed by atoms with van der Waals surface area (Å²) >= 11 is 0. The molecule has 0 heterocycles. The minimum absolute atomic E-state index is 0.169. The quantitative estimate of drug-likeness (QED) is 0.643. The highest BCUT2D eigenvalue weighted by Crippen LogP contribution is 2.08. The molecule has 0 aromatic heterocycles. The summed E-state index contributed by atoms with van der Waals surface area (Å²) < 4.78 is 0. The van der Waals surface area contributed by atoms with Crippen molar-refractivity contribution >= 4 is 5.97 Å². The van der Waals surface area contributed by atoms with Crippen LogP contribution in [-0.2, 0) is 4.79 Å². The standard InChI is InChI=1S/C7H11NO2/c1-6(4-5-8)2-3-7(9)10/h6H,2-4H2,1H3,(H,9,10)/t6-/m1/s1. The molecule has 1 N–H and O–H groups in total. The van der Waals surface area contributed by atoms with E-state index in [1.54, 1.807) is 0 Å². The molecule has 0 radical (unpaired) electrons. The Balaban J connectivity index is 3.32. The number of rotatable bonds is 4. The summed E-state index contributed by atoms with van der Waals surface area (Å²) in [6, 6.07) is 2.00. The number of hydrogen-bond donors (Lipinski definition) is 1. The van der Waals surface area contributed by atoms with E-state index in [9.17, 15) is 4.79 Å². The van der Waals surface area contributed by atoms with Crippen molar-refractivity contribution in [3.05, 3.63) is 0 Å². The van der Waals surface area contributed by atoms with Gasteiger partial charge in [-0.05, 0) is 12.3 Å². The van der Waals surface area contributed by atoms with E-state index in [2.05, 4.69) is 0 Å². The van der Waals surface area contributed by atoms with Crippen LogP contribution in [0.5, 0.6) is 0 Å². The average Bonchev–Trinajstić information content (AvgIpc) is 1.85.